The van der Waals surface area contributed by atoms with Crippen molar-refractivity contribution in [3.05, 3.63) is 33.9 Å². The number of rotatable bonds is 4. The van der Waals surface area contributed by atoms with E-state index in [0.29, 0.717) is 6.04 Å². The standard InChI is InChI=1S/C19H31N/c1-6-20-19(17-10-8-7-9-11-17)18-15(4)13(2)12-14(3)16(18)5/h12,17,19-20H,6-11H2,1-5H3. The molecule has 1 saturated carbocycles. The van der Waals surface area contributed by atoms with Crippen LogP contribution in [0.5, 0.6) is 0 Å². The lowest BCUT2D eigenvalue weighted by atomic mass is 9.77. The van der Waals surface area contributed by atoms with Crippen LogP contribution in [0.2, 0.25) is 0 Å². The Labute approximate surface area is 125 Å². The highest BCUT2D eigenvalue weighted by atomic mass is 14.9. The number of hydrogen-bond acceptors (Lipinski definition) is 1. The number of aryl methyl sites for hydroxylation is 2. The first-order valence-corrected chi connectivity index (χ1v) is 8.37. The van der Waals surface area contributed by atoms with E-state index in [2.05, 4.69) is 46.0 Å². The van der Waals surface area contributed by atoms with Crippen LogP contribution in [0, 0.1) is 33.6 Å². The van der Waals surface area contributed by atoms with E-state index in [0.717, 1.165) is 12.5 Å². The zero-order valence-electron chi connectivity index (χ0n) is 14.0. The number of nitrogens with one attached hydrogen (secondary N) is 1. The minimum atomic E-state index is 0.555. The molecule has 1 fully saturated rings. The second-order valence-corrected chi connectivity index (χ2v) is 6.61. The highest BCUT2D eigenvalue weighted by molar-refractivity contribution is 5.46. The molecule has 0 bridgehead atoms. The van der Waals surface area contributed by atoms with Crippen molar-refractivity contribution in [3.63, 3.8) is 0 Å². The van der Waals surface area contributed by atoms with Crippen LogP contribution in [-0.4, -0.2) is 6.54 Å². The van der Waals surface area contributed by atoms with Crippen molar-refractivity contribution in [3.8, 4) is 0 Å². The topological polar surface area (TPSA) is 12.0 Å². The van der Waals surface area contributed by atoms with Crippen molar-refractivity contribution in [2.24, 2.45) is 5.92 Å². The largest absolute Gasteiger partial charge is 0.310 e. The molecule has 1 aliphatic carbocycles. The fraction of sp³-hybridized carbons (Fsp3) is 0.684. The molecule has 0 aliphatic heterocycles. The average Bonchev–Trinajstić information content (AvgIpc) is 2.45. The molecule has 112 valence electrons. The minimum Gasteiger partial charge on any atom is -0.310 e. The fourth-order valence-corrected chi connectivity index (χ4v) is 3.91. The van der Waals surface area contributed by atoms with E-state index in [1.54, 1.807) is 5.56 Å². The van der Waals surface area contributed by atoms with E-state index in [1.165, 1.54) is 54.4 Å². The van der Waals surface area contributed by atoms with E-state index < -0.39 is 0 Å². The molecule has 0 amide bonds. The molecule has 1 atom stereocenters. The van der Waals surface area contributed by atoms with Crippen molar-refractivity contribution in [1.82, 2.24) is 5.32 Å². The van der Waals surface area contributed by atoms with Gasteiger partial charge in [-0.1, -0.05) is 32.3 Å². The molecule has 0 heterocycles. The van der Waals surface area contributed by atoms with E-state index in [4.69, 9.17) is 0 Å². The Morgan fingerprint density at radius 1 is 1.00 bits per heavy atom. The Morgan fingerprint density at radius 3 is 2.05 bits per heavy atom. The van der Waals surface area contributed by atoms with Gasteiger partial charge in [0, 0.05) is 6.04 Å². The van der Waals surface area contributed by atoms with Crippen LogP contribution >= 0.6 is 0 Å². The molecule has 1 N–H and O–H groups in total. The van der Waals surface area contributed by atoms with Gasteiger partial charge >= 0.3 is 0 Å². The molecule has 1 aliphatic rings. The normalized spacial score (nSPS) is 18.2. The molecule has 1 unspecified atom stereocenters. The van der Waals surface area contributed by atoms with Gasteiger partial charge in [-0.15, -0.1) is 0 Å². The number of hydrogen-bond donors (Lipinski definition) is 1. The molecule has 0 saturated heterocycles. The van der Waals surface area contributed by atoms with Gasteiger partial charge in [-0.25, -0.2) is 0 Å². The van der Waals surface area contributed by atoms with Crippen LogP contribution in [0.4, 0.5) is 0 Å². The number of benzene rings is 1. The highest BCUT2D eigenvalue weighted by Crippen LogP contribution is 2.38. The summed E-state index contributed by atoms with van der Waals surface area (Å²) in [4.78, 5) is 0. The van der Waals surface area contributed by atoms with Gasteiger partial charge in [-0.2, -0.15) is 0 Å². The summed E-state index contributed by atoms with van der Waals surface area (Å²) < 4.78 is 0. The SMILES string of the molecule is CCNC(c1c(C)c(C)cc(C)c1C)C1CCCCC1. The first-order valence-electron chi connectivity index (χ1n) is 8.37. The maximum absolute atomic E-state index is 3.80. The molecular weight excluding hydrogens is 242 g/mol. The van der Waals surface area contributed by atoms with Crippen LogP contribution in [0.1, 0.15) is 72.9 Å². The van der Waals surface area contributed by atoms with Crippen LogP contribution in [0.3, 0.4) is 0 Å². The Balaban J connectivity index is 2.42. The fourth-order valence-electron chi connectivity index (χ4n) is 3.91. The molecule has 1 heteroatoms. The third-order valence-corrected chi connectivity index (χ3v) is 5.28. The van der Waals surface area contributed by atoms with Crippen molar-refractivity contribution >= 4 is 0 Å². The van der Waals surface area contributed by atoms with Gasteiger partial charge in [-0.05, 0) is 80.8 Å². The minimum absolute atomic E-state index is 0.555. The predicted molar refractivity (Wildman–Crippen MR) is 88.4 cm³/mol. The van der Waals surface area contributed by atoms with E-state index >= 15 is 0 Å². The van der Waals surface area contributed by atoms with Crippen molar-refractivity contribution in [2.75, 3.05) is 6.54 Å². The molecule has 1 aromatic rings. The van der Waals surface area contributed by atoms with Crippen molar-refractivity contribution in [1.29, 1.82) is 0 Å². The summed E-state index contributed by atoms with van der Waals surface area (Å²) in [7, 11) is 0. The highest BCUT2D eigenvalue weighted by Gasteiger charge is 2.27. The lowest BCUT2D eigenvalue weighted by molar-refractivity contribution is 0.273. The quantitative estimate of drug-likeness (QED) is 0.800. The summed E-state index contributed by atoms with van der Waals surface area (Å²) in [5.41, 5.74) is 7.49. The maximum atomic E-state index is 3.80. The Bertz CT molecular complexity index is 429. The predicted octanol–water partition coefficient (Wildman–Crippen LogP) is 5.15. The zero-order chi connectivity index (χ0) is 14.7. The first-order chi connectivity index (χ1) is 9.56. The van der Waals surface area contributed by atoms with Gasteiger partial charge in [0.15, 0.2) is 0 Å². The Hall–Kier alpha value is -0.820. The maximum Gasteiger partial charge on any atom is 0.0354 e. The van der Waals surface area contributed by atoms with Gasteiger partial charge in [-0.3, -0.25) is 0 Å². The summed E-state index contributed by atoms with van der Waals surface area (Å²) >= 11 is 0. The molecule has 0 radical (unpaired) electrons. The molecule has 1 aromatic carbocycles. The lowest BCUT2D eigenvalue weighted by Gasteiger charge is -2.34. The van der Waals surface area contributed by atoms with Gasteiger partial charge in [0.25, 0.3) is 0 Å². The van der Waals surface area contributed by atoms with Crippen LogP contribution in [-0.2, 0) is 0 Å². The van der Waals surface area contributed by atoms with Crippen molar-refractivity contribution in [2.45, 2.75) is 72.8 Å². The monoisotopic (exact) mass is 273 g/mol. The molecule has 1 nitrogen and oxygen atoms in total. The first kappa shape index (κ1) is 15.6. The molecule has 0 aromatic heterocycles. The summed E-state index contributed by atoms with van der Waals surface area (Å²) in [6.07, 6.45) is 7.04. The summed E-state index contributed by atoms with van der Waals surface area (Å²) in [6.45, 7) is 12.4. The second kappa shape index (κ2) is 6.76. The average molecular weight is 273 g/mol. The molecular formula is C19H31N. The molecule has 2 rings (SSSR count). The zero-order valence-corrected chi connectivity index (χ0v) is 14.0. The third kappa shape index (κ3) is 3.09. The van der Waals surface area contributed by atoms with E-state index in [-0.39, 0.29) is 0 Å². The lowest BCUT2D eigenvalue weighted by Crippen LogP contribution is -2.31. The van der Waals surface area contributed by atoms with Crippen LogP contribution < -0.4 is 5.32 Å². The van der Waals surface area contributed by atoms with Gasteiger partial charge < -0.3 is 5.32 Å². The van der Waals surface area contributed by atoms with Gasteiger partial charge in [0.2, 0.25) is 0 Å². The van der Waals surface area contributed by atoms with E-state index in [9.17, 15) is 0 Å². The summed E-state index contributed by atoms with van der Waals surface area (Å²) in [5, 5.41) is 3.80. The van der Waals surface area contributed by atoms with Gasteiger partial charge in [0.1, 0.15) is 0 Å². The molecule has 20 heavy (non-hydrogen) atoms. The smallest absolute Gasteiger partial charge is 0.0354 e. The van der Waals surface area contributed by atoms with E-state index in [1.807, 2.05) is 0 Å². The van der Waals surface area contributed by atoms with Crippen LogP contribution in [0.15, 0.2) is 6.07 Å². The summed E-state index contributed by atoms with van der Waals surface area (Å²) in [6, 6.07) is 2.90. The third-order valence-electron chi connectivity index (χ3n) is 5.28. The van der Waals surface area contributed by atoms with Crippen molar-refractivity contribution < 1.29 is 0 Å². The summed E-state index contributed by atoms with van der Waals surface area (Å²) in [5.74, 6) is 0.822. The molecule has 0 spiro atoms. The Morgan fingerprint density at radius 2 is 1.55 bits per heavy atom. The second-order valence-electron chi connectivity index (χ2n) is 6.61. The Kier molecular flexibility index (Phi) is 5.26. The van der Waals surface area contributed by atoms with Crippen LogP contribution in [0.25, 0.3) is 0 Å². The van der Waals surface area contributed by atoms with Gasteiger partial charge in [0.05, 0.1) is 0 Å².